The molecule has 3 rings (SSSR count). The number of hydrogen-bond acceptors (Lipinski definition) is 7. The van der Waals surface area contributed by atoms with E-state index >= 15 is 0 Å². The summed E-state index contributed by atoms with van der Waals surface area (Å²) in [5, 5.41) is 11.7. The van der Waals surface area contributed by atoms with E-state index in [9.17, 15) is 9.59 Å². The van der Waals surface area contributed by atoms with Crippen LogP contribution >= 0.6 is 23.1 Å². The number of rotatable bonds is 6. The Morgan fingerprint density at radius 1 is 1.32 bits per heavy atom. The Hall–Kier alpha value is -2.13. The molecule has 25 heavy (non-hydrogen) atoms. The van der Waals surface area contributed by atoms with Gasteiger partial charge >= 0.3 is 5.97 Å². The number of hydrogen-bond donors (Lipinski definition) is 1. The number of ether oxygens (including phenoxy) is 1. The number of nitrogens with zero attached hydrogens (tertiary/aromatic N) is 3. The molecule has 0 bridgehead atoms. The minimum absolute atomic E-state index is 0.0537. The Morgan fingerprint density at radius 3 is 2.80 bits per heavy atom. The van der Waals surface area contributed by atoms with E-state index in [0.717, 1.165) is 15.2 Å². The zero-order valence-corrected chi connectivity index (χ0v) is 15.7. The van der Waals surface area contributed by atoms with Crippen LogP contribution in [0.25, 0.3) is 15.2 Å². The van der Waals surface area contributed by atoms with Crippen molar-refractivity contribution in [2.24, 2.45) is 5.92 Å². The maximum atomic E-state index is 12.2. The van der Waals surface area contributed by atoms with Gasteiger partial charge in [-0.1, -0.05) is 49.1 Å². The highest BCUT2D eigenvalue weighted by atomic mass is 32.2. The molecule has 2 aromatic heterocycles. The number of nitrogens with one attached hydrogen (secondary N) is 1. The molecular formula is C16H18N4O3S2. The molecule has 0 unspecified atom stereocenters. The average molecular weight is 378 g/mol. The van der Waals surface area contributed by atoms with E-state index in [1.165, 1.54) is 18.9 Å². The first kappa shape index (κ1) is 17.7. The van der Waals surface area contributed by atoms with Crippen LogP contribution in [0.5, 0.6) is 0 Å². The second-order valence-corrected chi connectivity index (χ2v) is 7.72. The molecule has 1 amide bonds. The lowest BCUT2D eigenvalue weighted by Crippen LogP contribution is -2.45. The number of carbonyl (C=O) groups is 2. The van der Waals surface area contributed by atoms with Crippen molar-refractivity contribution in [1.29, 1.82) is 0 Å². The van der Waals surface area contributed by atoms with Gasteiger partial charge in [-0.15, -0.1) is 10.2 Å². The zero-order valence-electron chi connectivity index (χ0n) is 14.1. The summed E-state index contributed by atoms with van der Waals surface area (Å²) in [5.74, 6) is -0.597. The summed E-state index contributed by atoms with van der Waals surface area (Å²) >= 11 is 2.84. The molecule has 0 saturated carbocycles. The van der Waals surface area contributed by atoms with Crippen molar-refractivity contribution < 1.29 is 14.3 Å². The Balaban J connectivity index is 1.72. The minimum Gasteiger partial charge on any atom is -0.467 e. The number of amides is 1. The van der Waals surface area contributed by atoms with Gasteiger partial charge in [-0.2, -0.15) is 0 Å². The predicted molar refractivity (Wildman–Crippen MR) is 97.9 cm³/mol. The molecule has 1 N–H and O–H groups in total. The van der Waals surface area contributed by atoms with Gasteiger partial charge in [0, 0.05) is 0 Å². The summed E-state index contributed by atoms with van der Waals surface area (Å²) < 4.78 is 7.79. The van der Waals surface area contributed by atoms with Gasteiger partial charge in [0.2, 0.25) is 10.9 Å². The predicted octanol–water partition coefficient (Wildman–Crippen LogP) is 2.35. The SMILES string of the molecule is COC(=O)[C@@H](NC(=O)CSc1nnc2sc3ccccc3n12)C(C)C. The van der Waals surface area contributed by atoms with E-state index < -0.39 is 12.0 Å². The van der Waals surface area contributed by atoms with Crippen molar-refractivity contribution in [2.45, 2.75) is 25.0 Å². The molecule has 3 aromatic rings. The highest BCUT2D eigenvalue weighted by molar-refractivity contribution is 7.99. The van der Waals surface area contributed by atoms with Gasteiger partial charge in [0.15, 0.2) is 5.16 Å². The Bertz CT molecular complexity index is 919. The maximum absolute atomic E-state index is 12.2. The van der Waals surface area contributed by atoms with Gasteiger partial charge in [0.1, 0.15) is 6.04 Å². The summed E-state index contributed by atoms with van der Waals surface area (Å²) in [6.07, 6.45) is 0. The second kappa shape index (κ2) is 7.40. The monoisotopic (exact) mass is 378 g/mol. The molecule has 1 aromatic carbocycles. The quantitative estimate of drug-likeness (QED) is 0.523. The molecule has 9 heteroatoms. The first-order chi connectivity index (χ1) is 12.0. The average Bonchev–Trinajstić information content (AvgIpc) is 3.16. The number of esters is 1. The van der Waals surface area contributed by atoms with Crippen molar-refractivity contribution >= 4 is 50.2 Å². The van der Waals surface area contributed by atoms with Crippen LogP contribution in [0.2, 0.25) is 0 Å². The summed E-state index contributed by atoms with van der Waals surface area (Å²) in [4.78, 5) is 24.7. The van der Waals surface area contributed by atoms with Gasteiger partial charge in [0.05, 0.1) is 23.1 Å². The van der Waals surface area contributed by atoms with E-state index in [-0.39, 0.29) is 17.6 Å². The van der Waals surface area contributed by atoms with Crippen molar-refractivity contribution in [3.63, 3.8) is 0 Å². The fraction of sp³-hybridized carbons (Fsp3) is 0.375. The number of para-hydroxylation sites is 1. The van der Waals surface area contributed by atoms with Gasteiger partial charge in [-0.3, -0.25) is 9.20 Å². The number of methoxy groups -OCH3 is 1. The third kappa shape index (κ3) is 3.62. The van der Waals surface area contributed by atoms with Crippen LogP contribution in [0, 0.1) is 5.92 Å². The van der Waals surface area contributed by atoms with Crippen molar-refractivity contribution in [3.05, 3.63) is 24.3 Å². The third-order valence-electron chi connectivity index (χ3n) is 3.68. The summed E-state index contributed by atoms with van der Waals surface area (Å²) in [5.41, 5.74) is 1.02. The standard InChI is InChI=1S/C16H18N4O3S2/c1-9(2)13(14(22)23-3)17-12(21)8-24-15-18-19-16-20(15)10-6-4-5-7-11(10)25-16/h4-7,9,13H,8H2,1-3H3,(H,17,21)/t13-/m0/s1. The molecule has 0 saturated heterocycles. The van der Waals surface area contributed by atoms with Crippen LogP contribution in [0.3, 0.4) is 0 Å². The lowest BCUT2D eigenvalue weighted by molar-refractivity contribution is -0.146. The molecule has 0 aliphatic rings. The highest BCUT2D eigenvalue weighted by Gasteiger charge is 2.25. The van der Waals surface area contributed by atoms with Crippen molar-refractivity contribution in [3.8, 4) is 0 Å². The number of benzene rings is 1. The van der Waals surface area contributed by atoms with Crippen LogP contribution in [-0.2, 0) is 14.3 Å². The molecule has 0 radical (unpaired) electrons. The number of thioether (sulfide) groups is 1. The van der Waals surface area contributed by atoms with Crippen LogP contribution in [0.1, 0.15) is 13.8 Å². The number of fused-ring (bicyclic) bond motifs is 3. The fourth-order valence-corrected chi connectivity index (χ4v) is 4.20. The summed E-state index contributed by atoms with van der Waals surface area (Å²) in [7, 11) is 1.31. The van der Waals surface area contributed by atoms with E-state index in [1.807, 2.05) is 42.5 Å². The first-order valence-electron chi connectivity index (χ1n) is 7.74. The largest absolute Gasteiger partial charge is 0.467 e. The lowest BCUT2D eigenvalue weighted by atomic mass is 10.1. The topological polar surface area (TPSA) is 85.6 Å². The molecule has 7 nitrogen and oxygen atoms in total. The molecule has 132 valence electrons. The Kier molecular flexibility index (Phi) is 5.24. The maximum Gasteiger partial charge on any atom is 0.328 e. The zero-order chi connectivity index (χ0) is 18.0. The van der Waals surface area contributed by atoms with Gasteiger partial charge in [-0.05, 0) is 18.1 Å². The van der Waals surface area contributed by atoms with Gasteiger partial charge in [-0.25, -0.2) is 4.79 Å². The Labute approximate surface area is 152 Å². The molecule has 0 fully saturated rings. The van der Waals surface area contributed by atoms with Gasteiger partial charge < -0.3 is 10.1 Å². The third-order valence-corrected chi connectivity index (χ3v) is 5.62. The van der Waals surface area contributed by atoms with E-state index in [0.29, 0.717) is 5.16 Å². The molecule has 0 aliphatic carbocycles. The normalized spacial score (nSPS) is 12.6. The van der Waals surface area contributed by atoms with Gasteiger partial charge in [0.25, 0.3) is 0 Å². The second-order valence-electron chi connectivity index (χ2n) is 5.77. The van der Waals surface area contributed by atoms with Crippen molar-refractivity contribution in [1.82, 2.24) is 19.9 Å². The van der Waals surface area contributed by atoms with E-state index in [4.69, 9.17) is 4.74 Å². The summed E-state index contributed by atoms with van der Waals surface area (Å²) in [6, 6.07) is 7.31. The van der Waals surface area contributed by atoms with Crippen LogP contribution in [0.15, 0.2) is 29.4 Å². The molecule has 0 aliphatic heterocycles. The first-order valence-corrected chi connectivity index (χ1v) is 9.54. The Morgan fingerprint density at radius 2 is 2.08 bits per heavy atom. The van der Waals surface area contributed by atoms with Crippen LogP contribution in [0.4, 0.5) is 0 Å². The number of carbonyl (C=O) groups excluding carboxylic acids is 2. The summed E-state index contributed by atoms with van der Waals surface area (Å²) in [6.45, 7) is 3.71. The van der Waals surface area contributed by atoms with E-state index in [1.54, 1.807) is 11.3 Å². The smallest absolute Gasteiger partial charge is 0.328 e. The number of thiazole rings is 1. The lowest BCUT2D eigenvalue weighted by Gasteiger charge is -2.19. The number of aromatic nitrogens is 3. The molecule has 0 spiro atoms. The fourth-order valence-electron chi connectivity index (χ4n) is 2.42. The van der Waals surface area contributed by atoms with Crippen LogP contribution < -0.4 is 5.32 Å². The van der Waals surface area contributed by atoms with Crippen molar-refractivity contribution in [2.75, 3.05) is 12.9 Å². The van der Waals surface area contributed by atoms with E-state index in [2.05, 4.69) is 15.5 Å². The molecule has 2 heterocycles. The van der Waals surface area contributed by atoms with Crippen LogP contribution in [-0.4, -0.2) is 45.4 Å². The minimum atomic E-state index is -0.654. The highest BCUT2D eigenvalue weighted by Crippen LogP contribution is 2.29. The molecular weight excluding hydrogens is 360 g/mol. The molecule has 1 atom stereocenters.